The van der Waals surface area contributed by atoms with Crippen molar-refractivity contribution in [1.82, 2.24) is 0 Å². The van der Waals surface area contributed by atoms with Crippen molar-refractivity contribution in [2.24, 2.45) is 17.6 Å². The average molecular weight is 197 g/mol. The summed E-state index contributed by atoms with van der Waals surface area (Å²) in [7, 11) is 0. The number of hydrogen-bond donors (Lipinski definition) is 1. The molecule has 0 aromatic heterocycles. The summed E-state index contributed by atoms with van der Waals surface area (Å²) >= 11 is 0. The van der Waals surface area contributed by atoms with Crippen LogP contribution in [0.4, 0.5) is 0 Å². The van der Waals surface area contributed by atoms with E-state index in [2.05, 4.69) is 20.8 Å². The van der Waals surface area contributed by atoms with Crippen molar-refractivity contribution in [2.45, 2.75) is 71.3 Å². The Kier molecular flexibility index (Phi) is 4.43. The van der Waals surface area contributed by atoms with Gasteiger partial charge in [0.15, 0.2) is 0 Å². The molecule has 14 heavy (non-hydrogen) atoms. The fraction of sp³-hybridized carbons (Fsp3) is 1.00. The molecular weight excluding hydrogens is 170 g/mol. The maximum absolute atomic E-state index is 6.47. The van der Waals surface area contributed by atoms with E-state index in [-0.39, 0.29) is 5.54 Å². The second kappa shape index (κ2) is 5.16. The van der Waals surface area contributed by atoms with Crippen LogP contribution in [0.2, 0.25) is 0 Å². The molecule has 1 nitrogen and oxygen atoms in total. The first-order chi connectivity index (χ1) is 6.59. The SMILES string of the molecule is CCC(CC)CC1(N)CCC(C)CC1. The lowest BCUT2D eigenvalue weighted by Crippen LogP contribution is -2.44. The Bertz CT molecular complexity index is 153. The van der Waals surface area contributed by atoms with Crippen molar-refractivity contribution in [3.63, 3.8) is 0 Å². The van der Waals surface area contributed by atoms with Gasteiger partial charge in [-0.05, 0) is 43.9 Å². The van der Waals surface area contributed by atoms with E-state index in [1.807, 2.05) is 0 Å². The molecular formula is C13H27N. The fourth-order valence-electron chi connectivity index (χ4n) is 2.69. The molecule has 0 spiro atoms. The van der Waals surface area contributed by atoms with Gasteiger partial charge in [0, 0.05) is 5.54 Å². The van der Waals surface area contributed by atoms with Crippen LogP contribution in [0, 0.1) is 11.8 Å². The smallest absolute Gasteiger partial charge is 0.0157 e. The zero-order chi connectivity index (χ0) is 10.6. The molecule has 0 radical (unpaired) electrons. The first-order valence-corrected chi connectivity index (χ1v) is 6.38. The molecule has 0 heterocycles. The highest BCUT2D eigenvalue weighted by atomic mass is 14.7. The van der Waals surface area contributed by atoms with E-state index in [1.165, 1.54) is 44.9 Å². The van der Waals surface area contributed by atoms with Crippen LogP contribution in [0.3, 0.4) is 0 Å². The normalized spacial score (nSPS) is 33.6. The van der Waals surface area contributed by atoms with E-state index in [1.54, 1.807) is 0 Å². The van der Waals surface area contributed by atoms with Crippen LogP contribution in [0.15, 0.2) is 0 Å². The van der Waals surface area contributed by atoms with Gasteiger partial charge in [-0.1, -0.05) is 33.6 Å². The standard InChI is InChI=1S/C13H27N/c1-4-12(5-2)10-13(14)8-6-11(3)7-9-13/h11-12H,4-10,14H2,1-3H3. The number of rotatable bonds is 4. The van der Waals surface area contributed by atoms with Gasteiger partial charge < -0.3 is 5.73 Å². The topological polar surface area (TPSA) is 26.0 Å². The second-order valence-corrected chi connectivity index (χ2v) is 5.43. The molecule has 2 N–H and O–H groups in total. The Hall–Kier alpha value is -0.0400. The third-order valence-corrected chi connectivity index (χ3v) is 4.12. The predicted molar refractivity (Wildman–Crippen MR) is 63.2 cm³/mol. The van der Waals surface area contributed by atoms with E-state index in [4.69, 9.17) is 5.73 Å². The zero-order valence-electron chi connectivity index (χ0n) is 10.2. The van der Waals surface area contributed by atoms with Crippen molar-refractivity contribution < 1.29 is 0 Å². The maximum Gasteiger partial charge on any atom is 0.0157 e. The van der Waals surface area contributed by atoms with Crippen LogP contribution >= 0.6 is 0 Å². The highest BCUT2D eigenvalue weighted by Crippen LogP contribution is 2.35. The van der Waals surface area contributed by atoms with Crippen LogP contribution in [-0.2, 0) is 0 Å². The van der Waals surface area contributed by atoms with Gasteiger partial charge in [-0.3, -0.25) is 0 Å². The van der Waals surface area contributed by atoms with Crippen LogP contribution in [0.25, 0.3) is 0 Å². The van der Waals surface area contributed by atoms with Crippen LogP contribution < -0.4 is 5.73 Å². The van der Waals surface area contributed by atoms with Gasteiger partial charge in [0.1, 0.15) is 0 Å². The highest BCUT2D eigenvalue weighted by Gasteiger charge is 2.31. The van der Waals surface area contributed by atoms with Gasteiger partial charge >= 0.3 is 0 Å². The Morgan fingerprint density at radius 2 is 1.71 bits per heavy atom. The Morgan fingerprint density at radius 3 is 2.14 bits per heavy atom. The van der Waals surface area contributed by atoms with Crippen molar-refractivity contribution in [3.8, 4) is 0 Å². The largest absolute Gasteiger partial charge is 0.325 e. The summed E-state index contributed by atoms with van der Waals surface area (Å²) in [6.07, 6.45) is 9.05. The summed E-state index contributed by atoms with van der Waals surface area (Å²) in [5.41, 5.74) is 6.66. The molecule has 0 unspecified atom stereocenters. The van der Waals surface area contributed by atoms with Gasteiger partial charge in [0.2, 0.25) is 0 Å². The third kappa shape index (κ3) is 3.27. The first kappa shape index (κ1) is 12.0. The molecule has 1 aliphatic rings. The summed E-state index contributed by atoms with van der Waals surface area (Å²) in [6.45, 7) is 6.95. The summed E-state index contributed by atoms with van der Waals surface area (Å²) in [5.74, 6) is 1.77. The maximum atomic E-state index is 6.47. The fourth-order valence-corrected chi connectivity index (χ4v) is 2.69. The van der Waals surface area contributed by atoms with Crippen LogP contribution in [0.5, 0.6) is 0 Å². The Labute approximate surface area is 89.5 Å². The van der Waals surface area contributed by atoms with E-state index in [9.17, 15) is 0 Å². The average Bonchev–Trinajstić information content (AvgIpc) is 2.20. The molecule has 1 heteroatoms. The molecule has 1 fully saturated rings. The van der Waals surface area contributed by atoms with Crippen molar-refractivity contribution in [1.29, 1.82) is 0 Å². The van der Waals surface area contributed by atoms with Gasteiger partial charge in [0.05, 0.1) is 0 Å². The molecule has 84 valence electrons. The van der Waals surface area contributed by atoms with Gasteiger partial charge in [0.25, 0.3) is 0 Å². The van der Waals surface area contributed by atoms with Gasteiger partial charge in [-0.2, -0.15) is 0 Å². The first-order valence-electron chi connectivity index (χ1n) is 6.38. The third-order valence-electron chi connectivity index (χ3n) is 4.12. The minimum Gasteiger partial charge on any atom is -0.325 e. The Morgan fingerprint density at radius 1 is 1.21 bits per heavy atom. The van der Waals surface area contributed by atoms with Crippen LogP contribution in [0.1, 0.15) is 65.7 Å². The summed E-state index contributed by atoms with van der Waals surface area (Å²) in [5, 5.41) is 0. The Balaban J connectivity index is 2.41. The quantitative estimate of drug-likeness (QED) is 0.730. The molecule has 0 atom stereocenters. The molecule has 0 saturated heterocycles. The minimum atomic E-state index is 0.184. The van der Waals surface area contributed by atoms with E-state index >= 15 is 0 Å². The summed E-state index contributed by atoms with van der Waals surface area (Å²) in [6, 6.07) is 0. The van der Waals surface area contributed by atoms with Crippen molar-refractivity contribution in [3.05, 3.63) is 0 Å². The summed E-state index contributed by atoms with van der Waals surface area (Å²) in [4.78, 5) is 0. The second-order valence-electron chi connectivity index (χ2n) is 5.43. The van der Waals surface area contributed by atoms with Gasteiger partial charge in [-0.25, -0.2) is 0 Å². The molecule has 0 aliphatic heterocycles. The molecule has 0 aromatic carbocycles. The lowest BCUT2D eigenvalue weighted by Gasteiger charge is -2.38. The van der Waals surface area contributed by atoms with E-state index < -0.39 is 0 Å². The van der Waals surface area contributed by atoms with Crippen molar-refractivity contribution in [2.75, 3.05) is 0 Å². The van der Waals surface area contributed by atoms with E-state index in [0.29, 0.717) is 0 Å². The zero-order valence-corrected chi connectivity index (χ0v) is 10.2. The molecule has 1 saturated carbocycles. The number of nitrogens with two attached hydrogens (primary N) is 1. The predicted octanol–water partition coefficient (Wildman–Crippen LogP) is 3.72. The van der Waals surface area contributed by atoms with Gasteiger partial charge in [-0.15, -0.1) is 0 Å². The van der Waals surface area contributed by atoms with Crippen molar-refractivity contribution >= 4 is 0 Å². The molecule has 1 aliphatic carbocycles. The monoisotopic (exact) mass is 197 g/mol. The molecule has 0 bridgehead atoms. The molecule has 0 aromatic rings. The summed E-state index contributed by atoms with van der Waals surface area (Å²) < 4.78 is 0. The lowest BCUT2D eigenvalue weighted by molar-refractivity contribution is 0.198. The molecule has 1 rings (SSSR count). The molecule has 0 amide bonds. The van der Waals surface area contributed by atoms with Crippen LogP contribution in [-0.4, -0.2) is 5.54 Å². The highest BCUT2D eigenvalue weighted by molar-refractivity contribution is 4.90. The van der Waals surface area contributed by atoms with E-state index in [0.717, 1.165) is 11.8 Å². The number of hydrogen-bond acceptors (Lipinski definition) is 1. The lowest BCUT2D eigenvalue weighted by atomic mass is 9.72. The minimum absolute atomic E-state index is 0.184.